The summed E-state index contributed by atoms with van der Waals surface area (Å²) in [7, 11) is 0. The Bertz CT molecular complexity index is 1180. The van der Waals surface area contributed by atoms with Gasteiger partial charge in [-0.15, -0.1) is 0 Å². The second-order valence-electron chi connectivity index (χ2n) is 7.78. The number of para-hydroxylation sites is 2. The topological polar surface area (TPSA) is 56.2 Å². The Morgan fingerprint density at radius 1 is 0.938 bits per heavy atom. The standard InChI is InChI=1S/C27H29N3O2/c1-3-19-30-25-8-6-5-7-24(25)29-26(30)18-11-20-9-14-22(15-10-20)28-27(31)21-12-16-23(17-13-21)32-4-2/h5-10,12-17H,3-4,11,18-19H2,1-2H3,(H,28,31). The molecule has 0 unspecified atom stereocenters. The summed E-state index contributed by atoms with van der Waals surface area (Å²) in [4.78, 5) is 17.4. The highest BCUT2D eigenvalue weighted by Crippen LogP contribution is 2.19. The summed E-state index contributed by atoms with van der Waals surface area (Å²) in [6, 6.07) is 23.6. The van der Waals surface area contributed by atoms with Gasteiger partial charge in [-0.2, -0.15) is 0 Å². The van der Waals surface area contributed by atoms with Crippen LogP contribution in [0.1, 0.15) is 42.0 Å². The summed E-state index contributed by atoms with van der Waals surface area (Å²) in [5.74, 6) is 1.76. The SMILES string of the molecule is CCCn1c(CCc2ccc(NC(=O)c3ccc(OCC)cc3)cc2)nc2ccccc21. The van der Waals surface area contributed by atoms with E-state index in [1.54, 1.807) is 12.1 Å². The van der Waals surface area contributed by atoms with Crippen molar-refractivity contribution in [2.24, 2.45) is 0 Å². The van der Waals surface area contributed by atoms with E-state index in [4.69, 9.17) is 9.72 Å². The van der Waals surface area contributed by atoms with Crippen LogP contribution in [0.4, 0.5) is 5.69 Å². The number of benzene rings is 3. The first-order chi connectivity index (χ1) is 15.7. The number of carbonyl (C=O) groups is 1. The molecular weight excluding hydrogens is 398 g/mol. The van der Waals surface area contributed by atoms with E-state index in [0.29, 0.717) is 12.2 Å². The zero-order valence-electron chi connectivity index (χ0n) is 18.7. The highest BCUT2D eigenvalue weighted by atomic mass is 16.5. The van der Waals surface area contributed by atoms with E-state index in [1.807, 2.05) is 37.3 Å². The number of rotatable bonds is 9. The first-order valence-electron chi connectivity index (χ1n) is 11.2. The van der Waals surface area contributed by atoms with Crippen LogP contribution in [-0.2, 0) is 19.4 Å². The van der Waals surface area contributed by atoms with Gasteiger partial charge in [0.05, 0.1) is 17.6 Å². The number of ether oxygens (including phenoxy) is 1. The molecule has 1 heterocycles. The largest absolute Gasteiger partial charge is 0.494 e. The van der Waals surface area contributed by atoms with Crippen molar-refractivity contribution in [1.29, 1.82) is 0 Å². The van der Waals surface area contributed by atoms with Gasteiger partial charge in [0.1, 0.15) is 11.6 Å². The third kappa shape index (κ3) is 4.99. The highest BCUT2D eigenvalue weighted by molar-refractivity contribution is 6.04. The van der Waals surface area contributed by atoms with Gasteiger partial charge in [-0.25, -0.2) is 4.98 Å². The van der Waals surface area contributed by atoms with E-state index in [-0.39, 0.29) is 5.91 Å². The summed E-state index contributed by atoms with van der Waals surface area (Å²) < 4.78 is 7.76. The molecule has 32 heavy (non-hydrogen) atoms. The smallest absolute Gasteiger partial charge is 0.255 e. The van der Waals surface area contributed by atoms with Crippen molar-refractivity contribution in [3.8, 4) is 5.75 Å². The lowest BCUT2D eigenvalue weighted by Crippen LogP contribution is -2.11. The molecule has 0 saturated carbocycles. The summed E-state index contributed by atoms with van der Waals surface area (Å²) in [5.41, 5.74) is 4.87. The van der Waals surface area contributed by atoms with Crippen molar-refractivity contribution in [3.05, 3.63) is 89.7 Å². The fraction of sp³-hybridized carbons (Fsp3) is 0.259. The van der Waals surface area contributed by atoms with E-state index in [1.165, 1.54) is 11.1 Å². The first kappa shape index (κ1) is 21.6. The molecule has 1 aromatic heterocycles. The number of anilines is 1. The number of aryl methyl sites for hydroxylation is 3. The molecule has 0 fully saturated rings. The number of amides is 1. The lowest BCUT2D eigenvalue weighted by molar-refractivity contribution is 0.102. The maximum absolute atomic E-state index is 12.5. The predicted octanol–water partition coefficient (Wildman–Crippen LogP) is 5.88. The minimum absolute atomic E-state index is 0.130. The van der Waals surface area contributed by atoms with Crippen LogP contribution in [0.5, 0.6) is 5.75 Å². The average molecular weight is 428 g/mol. The summed E-state index contributed by atoms with van der Waals surface area (Å²) in [6.45, 7) is 5.71. The fourth-order valence-electron chi connectivity index (χ4n) is 3.87. The zero-order valence-corrected chi connectivity index (χ0v) is 18.7. The Balaban J connectivity index is 1.38. The number of nitrogens with zero attached hydrogens (tertiary/aromatic N) is 2. The molecule has 0 aliphatic carbocycles. The number of hydrogen-bond donors (Lipinski definition) is 1. The number of imidazole rings is 1. The molecule has 1 amide bonds. The second kappa shape index (κ2) is 10.1. The lowest BCUT2D eigenvalue weighted by atomic mass is 10.1. The summed E-state index contributed by atoms with van der Waals surface area (Å²) in [5, 5.41) is 2.96. The van der Waals surface area contributed by atoms with Gasteiger partial charge in [0.15, 0.2) is 0 Å². The van der Waals surface area contributed by atoms with Crippen molar-refractivity contribution in [2.75, 3.05) is 11.9 Å². The number of hydrogen-bond acceptors (Lipinski definition) is 3. The molecule has 5 nitrogen and oxygen atoms in total. The molecule has 4 aromatic rings. The van der Waals surface area contributed by atoms with Crippen molar-refractivity contribution in [1.82, 2.24) is 9.55 Å². The molecule has 0 aliphatic rings. The van der Waals surface area contributed by atoms with E-state index in [2.05, 4.69) is 47.1 Å². The molecule has 164 valence electrons. The molecule has 5 heteroatoms. The van der Waals surface area contributed by atoms with Gasteiger partial charge in [0, 0.05) is 24.2 Å². The second-order valence-corrected chi connectivity index (χ2v) is 7.78. The van der Waals surface area contributed by atoms with Crippen LogP contribution < -0.4 is 10.1 Å². The first-order valence-corrected chi connectivity index (χ1v) is 11.2. The van der Waals surface area contributed by atoms with Crippen molar-refractivity contribution in [3.63, 3.8) is 0 Å². The Hall–Kier alpha value is -3.60. The van der Waals surface area contributed by atoms with Crippen molar-refractivity contribution >= 4 is 22.6 Å². The maximum atomic E-state index is 12.5. The van der Waals surface area contributed by atoms with Crippen LogP contribution in [-0.4, -0.2) is 22.1 Å². The van der Waals surface area contributed by atoms with Crippen LogP contribution in [0.2, 0.25) is 0 Å². The Labute approximate surface area is 189 Å². The van der Waals surface area contributed by atoms with Gasteiger partial charge >= 0.3 is 0 Å². The molecular formula is C27H29N3O2. The molecule has 0 aliphatic heterocycles. The number of aromatic nitrogens is 2. The average Bonchev–Trinajstić information content (AvgIpc) is 3.17. The maximum Gasteiger partial charge on any atom is 0.255 e. The molecule has 0 bridgehead atoms. The normalized spacial score (nSPS) is 10.9. The molecule has 1 N–H and O–H groups in total. The monoisotopic (exact) mass is 427 g/mol. The van der Waals surface area contributed by atoms with Gasteiger partial charge in [0.2, 0.25) is 0 Å². The van der Waals surface area contributed by atoms with Crippen molar-refractivity contribution < 1.29 is 9.53 Å². The van der Waals surface area contributed by atoms with Crippen molar-refractivity contribution in [2.45, 2.75) is 39.7 Å². The molecule has 4 rings (SSSR count). The molecule has 0 saturated heterocycles. The molecule has 0 atom stereocenters. The summed E-state index contributed by atoms with van der Waals surface area (Å²) >= 11 is 0. The summed E-state index contributed by atoms with van der Waals surface area (Å²) in [6.07, 6.45) is 2.86. The van der Waals surface area contributed by atoms with Crippen LogP contribution in [0, 0.1) is 0 Å². The van der Waals surface area contributed by atoms with Crippen LogP contribution in [0.25, 0.3) is 11.0 Å². The minimum atomic E-state index is -0.130. The van der Waals surface area contributed by atoms with Gasteiger partial charge in [0.25, 0.3) is 5.91 Å². The third-order valence-electron chi connectivity index (χ3n) is 5.46. The van der Waals surface area contributed by atoms with Gasteiger partial charge in [-0.3, -0.25) is 4.79 Å². The number of fused-ring (bicyclic) bond motifs is 1. The fourth-order valence-corrected chi connectivity index (χ4v) is 3.87. The quantitative estimate of drug-likeness (QED) is 0.363. The Morgan fingerprint density at radius 2 is 1.69 bits per heavy atom. The van der Waals surface area contributed by atoms with Crippen LogP contribution >= 0.6 is 0 Å². The van der Waals surface area contributed by atoms with Gasteiger partial charge in [-0.1, -0.05) is 31.2 Å². The number of carbonyl (C=O) groups excluding carboxylic acids is 1. The van der Waals surface area contributed by atoms with Crippen LogP contribution in [0.3, 0.4) is 0 Å². The van der Waals surface area contributed by atoms with Gasteiger partial charge < -0.3 is 14.6 Å². The van der Waals surface area contributed by atoms with E-state index in [9.17, 15) is 4.79 Å². The number of nitrogens with one attached hydrogen (secondary N) is 1. The molecule has 3 aromatic carbocycles. The Kier molecular flexibility index (Phi) is 6.85. The third-order valence-corrected chi connectivity index (χ3v) is 5.46. The zero-order chi connectivity index (χ0) is 22.3. The Morgan fingerprint density at radius 3 is 2.41 bits per heavy atom. The van der Waals surface area contributed by atoms with Gasteiger partial charge in [-0.05, 0) is 73.9 Å². The molecule has 0 spiro atoms. The highest BCUT2D eigenvalue weighted by Gasteiger charge is 2.10. The lowest BCUT2D eigenvalue weighted by Gasteiger charge is -2.09. The van der Waals surface area contributed by atoms with E-state index >= 15 is 0 Å². The predicted molar refractivity (Wildman–Crippen MR) is 129 cm³/mol. The minimum Gasteiger partial charge on any atom is -0.494 e. The van der Waals surface area contributed by atoms with E-state index < -0.39 is 0 Å². The van der Waals surface area contributed by atoms with Crippen LogP contribution in [0.15, 0.2) is 72.8 Å². The molecule has 0 radical (unpaired) electrons. The van der Waals surface area contributed by atoms with E-state index in [0.717, 1.165) is 48.6 Å².